The largest absolute Gasteiger partial charge is 0.372 e. The van der Waals surface area contributed by atoms with Gasteiger partial charge in [0.1, 0.15) is 0 Å². The number of anilines is 1. The summed E-state index contributed by atoms with van der Waals surface area (Å²) in [7, 11) is 0. The van der Waals surface area contributed by atoms with Crippen molar-refractivity contribution in [1.82, 2.24) is 5.32 Å². The van der Waals surface area contributed by atoms with Crippen molar-refractivity contribution >= 4 is 5.69 Å². The van der Waals surface area contributed by atoms with Gasteiger partial charge in [0, 0.05) is 24.3 Å². The molecule has 0 heterocycles. The van der Waals surface area contributed by atoms with Gasteiger partial charge in [0.25, 0.3) is 0 Å². The zero-order chi connectivity index (χ0) is 14.4. The number of benzene rings is 1. The van der Waals surface area contributed by atoms with E-state index in [1.54, 1.807) is 0 Å². The number of nitrogens with zero attached hydrogens (tertiary/aromatic N) is 1. The Morgan fingerprint density at radius 2 is 1.55 bits per heavy atom. The molecule has 0 bridgehead atoms. The van der Waals surface area contributed by atoms with E-state index in [-0.39, 0.29) is 5.54 Å². The first-order valence-corrected chi connectivity index (χ1v) is 8.36. The molecule has 1 aromatic rings. The van der Waals surface area contributed by atoms with E-state index in [1.807, 2.05) is 0 Å². The van der Waals surface area contributed by atoms with Crippen molar-refractivity contribution in [2.24, 2.45) is 0 Å². The summed E-state index contributed by atoms with van der Waals surface area (Å²) in [4.78, 5) is 2.41. The van der Waals surface area contributed by atoms with Crippen LogP contribution in [0.1, 0.15) is 58.4 Å². The van der Waals surface area contributed by atoms with Gasteiger partial charge in [-0.1, -0.05) is 38.3 Å². The standard InChI is InChI=1S/C18H30N2/c1-4-19-18(14-8-7-9-15-18)16-10-12-17(13-11-16)20(5-2)6-3/h10-13,19H,4-9,14-15H2,1-3H3. The minimum absolute atomic E-state index is 0.231. The lowest BCUT2D eigenvalue weighted by atomic mass is 9.76. The predicted molar refractivity (Wildman–Crippen MR) is 88.4 cm³/mol. The maximum Gasteiger partial charge on any atom is 0.0434 e. The Bertz CT molecular complexity index is 381. The van der Waals surface area contributed by atoms with Gasteiger partial charge in [-0.05, 0) is 50.9 Å². The van der Waals surface area contributed by atoms with Crippen molar-refractivity contribution in [3.8, 4) is 0 Å². The highest BCUT2D eigenvalue weighted by Gasteiger charge is 2.32. The van der Waals surface area contributed by atoms with Crippen LogP contribution in [0.2, 0.25) is 0 Å². The van der Waals surface area contributed by atoms with Crippen LogP contribution in [0.15, 0.2) is 24.3 Å². The van der Waals surface area contributed by atoms with E-state index >= 15 is 0 Å². The molecule has 0 spiro atoms. The van der Waals surface area contributed by atoms with Crippen molar-refractivity contribution < 1.29 is 0 Å². The van der Waals surface area contributed by atoms with Gasteiger partial charge in [-0.2, -0.15) is 0 Å². The van der Waals surface area contributed by atoms with E-state index < -0.39 is 0 Å². The predicted octanol–water partition coefficient (Wildman–Crippen LogP) is 4.30. The number of hydrogen-bond donors (Lipinski definition) is 1. The van der Waals surface area contributed by atoms with Crippen molar-refractivity contribution in [3.63, 3.8) is 0 Å². The zero-order valence-corrected chi connectivity index (χ0v) is 13.4. The maximum absolute atomic E-state index is 3.78. The molecule has 112 valence electrons. The average molecular weight is 274 g/mol. The third-order valence-electron chi connectivity index (χ3n) is 4.77. The molecule has 0 unspecified atom stereocenters. The Morgan fingerprint density at radius 1 is 0.950 bits per heavy atom. The summed E-state index contributed by atoms with van der Waals surface area (Å²) in [6, 6.07) is 9.30. The minimum atomic E-state index is 0.231. The van der Waals surface area contributed by atoms with Gasteiger partial charge in [0.15, 0.2) is 0 Å². The highest BCUT2D eigenvalue weighted by molar-refractivity contribution is 5.48. The highest BCUT2D eigenvalue weighted by atomic mass is 15.1. The molecule has 0 aliphatic heterocycles. The van der Waals surface area contributed by atoms with Gasteiger partial charge in [0.2, 0.25) is 0 Å². The van der Waals surface area contributed by atoms with Crippen LogP contribution in [0, 0.1) is 0 Å². The second kappa shape index (κ2) is 7.12. The molecule has 20 heavy (non-hydrogen) atoms. The van der Waals surface area contributed by atoms with E-state index in [1.165, 1.54) is 43.4 Å². The molecule has 1 aromatic carbocycles. The summed E-state index contributed by atoms with van der Waals surface area (Å²) < 4.78 is 0. The molecule has 0 radical (unpaired) electrons. The van der Waals surface area contributed by atoms with E-state index in [0.717, 1.165) is 19.6 Å². The molecule has 0 aromatic heterocycles. The van der Waals surface area contributed by atoms with Gasteiger partial charge in [-0.3, -0.25) is 0 Å². The fourth-order valence-electron chi connectivity index (χ4n) is 3.64. The molecule has 1 fully saturated rings. The highest BCUT2D eigenvalue weighted by Crippen LogP contribution is 2.37. The van der Waals surface area contributed by atoms with E-state index in [2.05, 4.69) is 55.3 Å². The molecular weight excluding hydrogens is 244 g/mol. The van der Waals surface area contributed by atoms with Crippen LogP contribution in [-0.4, -0.2) is 19.6 Å². The number of nitrogens with one attached hydrogen (secondary N) is 1. The fraction of sp³-hybridized carbons (Fsp3) is 0.667. The summed E-state index contributed by atoms with van der Waals surface area (Å²) >= 11 is 0. The van der Waals surface area contributed by atoms with Crippen molar-refractivity contribution in [2.75, 3.05) is 24.5 Å². The Hall–Kier alpha value is -1.02. The smallest absolute Gasteiger partial charge is 0.0434 e. The summed E-state index contributed by atoms with van der Waals surface area (Å²) in [6.07, 6.45) is 6.66. The van der Waals surface area contributed by atoms with Gasteiger partial charge >= 0.3 is 0 Å². The minimum Gasteiger partial charge on any atom is -0.372 e. The van der Waals surface area contributed by atoms with Crippen LogP contribution in [0.5, 0.6) is 0 Å². The van der Waals surface area contributed by atoms with Crippen molar-refractivity contribution in [2.45, 2.75) is 58.4 Å². The molecular formula is C18H30N2. The van der Waals surface area contributed by atoms with Crippen LogP contribution < -0.4 is 10.2 Å². The molecule has 0 saturated heterocycles. The Morgan fingerprint density at radius 3 is 2.05 bits per heavy atom. The van der Waals surface area contributed by atoms with Crippen LogP contribution in [0.4, 0.5) is 5.69 Å². The van der Waals surface area contributed by atoms with E-state index in [4.69, 9.17) is 0 Å². The lowest BCUT2D eigenvalue weighted by Crippen LogP contribution is -2.43. The van der Waals surface area contributed by atoms with Crippen LogP contribution in [0.3, 0.4) is 0 Å². The molecule has 0 amide bonds. The lowest BCUT2D eigenvalue weighted by molar-refractivity contribution is 0.238. The molecule has 1 saturated carbocycles. The third-order valence-corrected chi connectivity index (χ3v) is 4.77. The number of hydrogen-bond acceptors (Lipinski definition) is 2. The van der Waals surface area contributed by atoms with Crippen LogP contribution in [0.25, 0.3) is 0 Å². The summed E-state index contributed by atoms with van der Waals surface area (Å²) in [5, 5.41) is 3.78. The fourth-order valence-corrected chi connectivity index (χ4v) is 3.64. The van der Waals surface area contributed by atoms with Crippen LogP contribution in [-0.2, 0) is 5.54 Å². The number of rotatable bonds is 6. The quantitative estimate of drug-likeness (QED) is 0.832. The van der Waals surface area contributed by atoms with Gasteiger partial charge in [0.05, 0.1) is 0 Å². The molecule has 2 nitrogen and oxygen atoms in total. The first-order chi connectivity index (χ1) is 9.75. The Labute approximate surface area is 124 Å². The van der Waals surface area contributed by atoms with Gasteiger partial charge < -0.3 is 10.2 Å². The first kappa shape index (κ1) is 15.4. The van der Waals surface area contributed by atoms with E-state index in [0.29, 0.717) is 0 Å². The summed E-state index contributed by atoms with van der Waals surface area (Å²) in [5.41, 5.74) is 3.06. The van der Waals surface area contributed by atoms with Crippen LogP contribution >= 0.6 is 0 Å². The lowest BCUT2D eigenvalue weighted by Gasteiger charge is -2.39. The second-order valence-corrected chi connectivity index (χ2v) is 5.89. The topological polar surface area (TPSA) is 15.3 Å². The molecule has 2 rings (SSSR count). The zero-order valence-electron chi connectivity index (χ0n) is 13.4. The Kier molecular flexibility index (Phi) is 5.47. The van der Waals surface area contributed by atoms with Crippen molar-refractivity contribution in [1.29, 1.82) is 0 Å². The normalized spacial score (nSPS) is 17.9. The second-order valence-electron chi connectivity index (χ2n) is 5.89. The molecule has 2 heteroatoms. The molecule has 1 aliphatic rings. The first-order valence-electron chi connectivity index (χ1n) is 8.36. The summed E-state index contributed by atoms with van der Waals surface area (Å²) in [6.45, 7) is 9.87. The molecule has 0 atom stereocenters. The van der Waals surface area contributed by atoms with Gasteiger partial charge in [-0.25, -0.2) is 0 Å². The van der Waals surface area contributed by atoms with Gasteiger partial charge in [-0.15, -0.1) is 0 Å². The van der Waals surface area contributed by atoms with E-state index in [9.17, 15) is 0 Å². The average Bonchev–Trinajstić information content (AvgIpc) is 2.50. The third kappa shape index (κ3) is 3.17. The monoisotopic (exact) mass is 274 g/mol. The maximum atomic E-state index is 3.78. The molecule has 1 aliphatic carbocycles. The molecule has 1 N–H and O–H groups in total. The Balaban J connectivity index is 2.21. The van der Waals surface area contributed by atoms with Crippen molar-refractivity contribution in [3.05, 3.63) is 29.8 Å². The summed E-state index contributed by atoms with van der Waals surface area (Å²) in [5.74, 6) is 0. The SMILES string of the molecule is CCNC1(c2ccc(N(CC)CC)cc2)CCCCC1.